The van der Waals surface area contributed by atoms with Crippen LogP contribution >= 0.6 is 0 Å². The molecule has 0 aliphatic carbocycles. The van der Waals surface area contributed by atoms with Gasteiger partial charge in [0.25, 0.3) is 0 Å². The Bertz CT molecular complexity index is 442. The Balaban J connectivity index is 2.23. The molecule has 2 unspecified atom stereocenters. The van der Waals surface area contributed by atoms with Gasteiger partial charge in [-0.1, -0.05) is 12.1 Å². The van der Waals surface area contributed by atoms with Gasteiger partial charge in [-0.15, -0.1) is 0 Å². The normalized spacial score (nSPS) is 24.6. The maximum atomic E-state index is 10.4. The lowest BCUT2D eigenvalue weighted by Crippen LogP contribution is -2.27. The summed E-state index contributed by atoms with van der Waals surface area (Å²) in [7, 11) is 3.93. The van der Waals surface area contributed by atoms with Gasteiger partial charge >= 0.3 is 0 Å². The van der Waals surface area contributed by atoms with Gasteiger partial charge < -0.3 is 14.7 Å². The maximum Gasteiger partial charge on any atom is 0.113 e. The van der Waals surface area contributed by atoms with E-state index in [1.54, 1.807) is 0 Å². The van der Waals surface area contributed by atoms with E-state index in [0.717, 1.165) is 11.3 Å². The van der Waals surface area contributed by atoms with E-state index in [4.69, 9.17) is 4.74 Å². The summed E-state index contributed by atoms with van der Waals surface area (Å²) in [6.07, 6.45) is -0.207. The Hall–Kier alpha value is -1.57. The molecule has 0 spiro atoms. The average Bonchev–Trinajstić information content (AvgIpc) is 2.88. The van der Waals surface area contributed by atoms with Gasteiger partial charge in [-0.05, 0) is 24.1 Å². The molecule has 1 N–H and O–H groups in total. The van der Waals surface area contributed by atoms with Crippen LogP contribution in [0.3, 0.4) is 0 Å². The summed E-state index contributed by atoms with van der Waals surface area (Å²) in [6, 6.07) is 9.86. The third-order valence-electron chi connectivity index (χ3n) is 3.52. The van der Waals surface area contributed by atoms with Crippen LogP contribution in [0.1, 0.15) is 18.1 Å². The molecule has 1 aliphatic rings. The molecule has 1 heterocycles. The first-order valence-corrected chi connectivity index (χ1v) is 6.03. The van der Waals surface area contributed by atoms with E-state index in [9.17, 15) is 10.4 Å². The second-order valence-corrected chi connectivity index (χ2v) is 4.96. The van der Waals surface area contributed by atoms with E-state index in [1.807, 2.05) is 43.3 Å². The first kappa shape index (κ1) is 12.9. The first-order chi connectivity index (χ1) is 8.59. The SMILES string of the molecule is CN(C)c1ccc(C(O)C2(C#N)CCOC2)cc1. The summed E-state index contributed by atoms with van der Waals surface area (Å²) in [5.74, 6) is 0. The largest absolute Gasteiger partial charge is 0.387 e. The highest BCUT2D eigenvalue weighted by molar-refractivity contribution is 5.46. The minimum absolute atomic E-state index is 0.306. The highest BCUT2D eigenvalue weighted by Crippen LogP contribution is 2.40. The fourth-order valence-corrected chi connectivity index (χ4v) is 2.22. The third kappa shape index (κ3) is 2.20. The van der Waals surface area contributed by atoms with Crippen molar-refractivity contribution in [3.05, 3.63) is 29.8 Å². The van der Waals surface area contributed by atoms with Crippen molar-refractivity contribution < 1.29 is 9.84 Å². The van der Waals surface area contributed by atoms with Crippen LogP contribution in [0, 0.1) is 16.7 Å². The van der Waals surface area contributed by atoms with Crippen LogP contribution in [-0.4, -0.2) is 32.4 Å². The molecule has 1 fully saturated rings. The Labute approximate surface area is 107 Å². The summed E-state index contributed by atoms with van der Waals surface area (Å²) < 4.78 is 5.27. The third-order valence-corrected chi connectivity index (χ3v) is 3.52. The predicted molar refractivity (Wildman–Crippen MR) is 69.2 cm³/mol. The number of aliphatic hydroxyl groups is 1. The molecule has 0 amide bonds. The number of aliphatic hydroxyl groups excluding tert-OH is 1. The molecule has 0 aromatic heterocycles. The van der Waals surface area contributed by atoms with Crippen LogP contribution in [0.25, 0.3) is 0 Å². The predicted octanol–water partition coefficient (Wildman–Crippen LogP) is 1.72. The van der Waals surface area contributed by atoms with Crippen LogP contribution in [0.5, 0.6) is 0 Å². The molecule has 0 bridgehead atoms. The molecule has 0 saturated carbocycles. The highest BCUT2D eigenvalue weighted by atomic mass is 16.5. The summed E-state index contributed by atoms with van der Waals surface area (Å²) in [4.78, 5) is 1.99. The lowest BCUT2D eigenvalue weighted by molar-refractivity contribution is 0.0504. The van der Waals surface area contributed by atoms with E-state index in [2.05, 4.69) is 6.07 Å². The molecule has 1 aromatic rings. The molecule has 4 heteroatoms. The van der Waals surface area contributed by atoms with Crippen LogP contribution in [-0.2, 0) is 4.74 Å². The van der Waals surface area contributed by atoms with Gasteiger partial charge in [0.1, 0.15) is 5.41 Å². The standard InChI is InChI=1S/C14H18N2O2/c1-16(2)12-5-3-11(4-6-12)13(17)14(9-15)7-8-18-10-14/h3-6,13,17H,7-8,10H2,1-2H3. The highest BCUT2D eigenvalue weighted by Gasteiger charge is 2.42. The molecule has 4 nitrogen and oxygen atoms in total. The zero-order valence-corrected chi connectivity index (χ0v) is 10.8. The number of hydrogen-bond acceptors (Lipinski definition) is 4. The second kappa shape index (κ2) is 4.97. The van der Waals surface area contributed by atoms with Crippen molar-refractivity contribution in [2.24, 2.45) is 5.41 Å². The molecule has 18 heavy (non-hydrogen) atoms. The molecule has 1 saturated heterocycles. The maximum absolute atomic E-state index is 10.4. The van der Waals surface area contributed by atoms with Crippen LogP contribution in [0.15, 0.2) is 24.3 Å². The monoisotopic (exact) mass is 246 g/mol. The number of rotatable bonds is 3. The molecule has 96 valence electrons. The van der Waals surface area contributed by atoms with Gasteiger partial charge in [0, 0.05) is 26.4 Å². The van der Waals surface area contributed by atoms with Gasteiger partial charge in [-0.25, -0.2) is 0 Å². The van der Waals surface area contributed by atoms with E-state index >= 15 is 0 Å². The number of ether oxygens (including phenoxy) is 1. The number of benzene rings is 1. The zero-order valence-electron chi connectivity index (χ0n) is 10.8. The van der Waals surface area contributed by atoms with Crippen molar-refractivity contribution in [2.75, 3.05) is 32.2 Å². The van der Waals surface area contributed by atoms with E-state index in [0.29, 0.717) is 19.6 Å². The number of nitriles is 1. The average molecular weight is 246 g/mol. The summed E-state index contributed by atoms with van der Waals surface area (Å²) >= 11 is 0. The smallest absolute Gasteiger partial charge is 0.113 e. The van der Waals surface area contributed by atoms with Crippen molar-refractivity contribution in [3.8, 4) is 6.07 Å². The molecule has 0 radical (unpaired) electrons. The van der Waals surface area contributed by atoms with Crippen molar-refractivity contribution in [1.29, 1.82) is 5.26 Å². The number of nitrogens with zero attached hydrogens (tertiary/aromatic N) is 2. The van der Waals surface area contributed by atoms with Crippen LogP contribution in [0.4, 0.5) is 5.69 Å². The Kier molecular flexibility index (Phi) is 3.55. The van der Waals surface area contributed by atoms with Gasteiger partial charge in [0.2, 0.25) is 0 Å². The van der Waals surface area contributed by atoms with Crippen molar-refractivity contribution >= 4 is 5.69 Å². The van der Waals surface area contributed by atoms with Gasteiger partial charge in [0.15, 0.2) is 0 Å². The Morgan fingerprint density at radius 2 is 2.06 bits per heavy atom. The molecular formula is C14H18N2O2. The summed E-state index contributed by atoms with van der Waals surface area (Å²) in [5, 5.41) is 19.7. The lowest BCUT2D eigenvalue weighted by atomic mass is 9.79. The topological polar surface area (TPSA) is 56.5 Å². The fourth-order valence-electron chi connectivity index (χ4n) is 2.22. The van der Waals surface area contributed by atoms with Crippen molar-refractivity contribution in [1.82, 2.24) is 0 Å². The zero-order chi connectivity index (χ0) is 13.2. The van der Waals surface area contributed by atoms with E-state index in [1.165, 1.54) is 0 Å². The minimum atomic E-state index is -0.792. The summed E-state index contributed by atoms with van der Waals surface area (Å²) in [6.45, 7) is 0.848. The minimum Gasteiger partial charge on any atom is -0.387 e. The molecule has 1 aliphatic heterocycles. The van der Waals surface area contributed by atoms with Gasteiger partial charge in [-0.3, -0.25) is 0 Å². The van der Waals surface area contributed by atoms with Gasteiger partial charge in [-0.2, -0.15) is 5.26 Å². The van der Waals surface area contributed by atoms with E-state index in [-0.39, 0.29) is 0 Å². The van der Waals surface area contributed by atoms with E-state index < -0.39 is 11.5 Å². The Morgan fingerprint density at radius 1 is 1.39 bits per heavy atom. The second-order valence-electron chi connectivity index (χ2n) is 4.96. The molecule has 1 aromatic carbocycles. The van der Waals surface area contributed by atoms with Crippen LogP contribution in [0.2, 0.25) is 0 Å². The quantitative estimate of drug-likeness (QED) is 0.882. The summed E-state index contributed by atoms with van der Waals surface area (Å²) in [5.41, 5.74) is 1.05. The fraction of sp³-hybridized carbons (Fsp3) is 0.500. The van der Waals surface area contributed by atoms with Crippen molar-refractivity contribution in [2.45, 2.75) is 12.5 Å². The molecule has 2 rings (SSSR count). The lowest BCUT2D eigenvalue weighted by Gasteiger charge is -2.26. The molecule has 2 atom stereocenters. The van der Waals surface area contributed by atoms with Crippen molar-refractivity contribution in [3.63, 3.8) is 0 Å². The van der Waals surface area contributed by atoms with Crippen LogP contribution < -0.4 is 4.90 Å². The Morgan fingerprint density at radius 3 is 2.50 bits per heavy atom. The number of hydrogen-bond donors (Lipinski definition) is 1. The molecular weight excluding hydrogens is 228 g/mol. The first-order valence-electron chi connectivity index (χ1n) is 6.03. The number of anilines is 1. The van der Waals surface area contributed by atoms with Gasteiger partial charge in [0.05, 0.1) is 18.8 Å².